The van der Waals surface area contributed by atoms with Crippen LogP contribution in [0, 0.1) is 17.3 Å². The SMILES string of the molecule is CC1CC(C)(C)CC(O)(CCC2CC2)C1. The topological polar surface area (TPSA) is 20.2 Å². The second-order valence-electron chi connectivity index (χ2n) is 7.06. The lowest BCUT2D eigenvalue weighted by Gasteiger charge is -2.45. The van der Waals surface area contributed by atoms with Gasteiger partial charge in [-0.25, -0.2) is 0 Å². The molecule has 2 fully saturated rings. The highest BCUT2D eigenvalue weighted by atomic mass is 16.3. The van der Waals surface area contributed by atoms with Crippen molar-refractivity contribution in [3.63, 3.8) is 0 Å². The van der Waals surface area contributed by atoms with E-state index in [9.17, 15) is 5.11 Å². The first-order chi connectivity index (χ1) is 6.89. The molecule has 1 nitrogen and oxygen atoms in total. The van der Waals surface area contributed by atoms with E-state index in [4.69, 9.17) is 0 Å². The van der Waals surface area contributed by atoms with Crippen molar-refractivity contribution in [2.75, 3.05) is 0 Å². The summed E-state index contributed by atoms with van der Waals surface area (Å²) < 4.78 is 0. The molecule has 2 rings (SSSR count). The fraction of sp³-hybridized carbons (Fsp3) is 1.00. The molecule has 2 aliphatic carbocycles. The van der Waals surface area contributed by atoms with Crippen molar-refractivity contribution in [3.05, 3.63) is 0 Å². The van der Waals surface area contributed by atoms with Crippen molar-refractivity contribution in [2.24, 2.45) is 17.3 Å². The van der Waals surface area contributed by atoms with Gasteiger partial charge in [0.1, 0.15) is 0 Å². The molecule has 2 saturated carbocycles. The Morgan fingerprint density at radius 2 is 1.87 bits per heavy atom. The molecule has 2 unspecified atom stereocenters. The van der Waals surface area contributed by atoms with Crippen molar-refractivity contribution in [1.29, 1.82) is 0 Å². The van der Waals surface area contributed by atoms with E-state index in [1.807, 2.05) is 0 Å². The molecule has 0 aromatic carbocycles. The summed E-state index contributed by atoms with van der Waals surface area (Å²) >= 11 is 0. The van der Waals surface area contributed by atoms with Crippen molar-refractivity contribution >= 4 is 0 Å². The molecule has 1 heteroatoms. The molecule has 0 aliphatic heterocycles. The van der Waals surface area contributed by atoms with Gasteiger partial charge in [0.25, 0.3) is 0 Å². The Morgan fingerprint density at radius 3 is 2.40 bits per heavy atom. The Balaban J connectivity index is 1.92. The number of hydrogen-bond donors (Lipinski definition) is 1. The maximum atomic E-state index is 10.7. The van der Waals surface area contributed by atoms with Crippen molar-refractivity contribution in [1.82, 2.24) is 0 Å². The first-order valence-electron chi connectivity index (χ1n) is 6.61. The lowest BCUT2D eigenvalue weighted by molar-refractivity contribution is -0.0655. The van der Waals surface area contributed by atoms with Gasteiger partial charge in [-0.1, -0.05) is 33.6 Å². The Morgan fingerprint density at radius 1 is 1.20 bits per heavy atom. The van der Waals surface area contributed by atoms with Crippen LogP contribution < -0.4 is 0 Å². The summed E-state index contributed by atoms with van der Waals surface area (Å²) in [5, 5.41) is 10.7. The van der Waals surface area contributed by atoms with Gasteiger partial charge in [-0.15, -0.1) is 0 Å². The summed E-state index contributed by atoms with van der Waals surface area (Å²) in [6.07, 6.45) is 8.45. The zero-order valence-electron chi connectivity index (χ0n) is 10.6. The predicted octanol–water partition coefficient (Wildman–Crippen LogP) is 3.75. The van der Waals surface area contributed by atoms with Gasteiger partial charge in [0.05, 0.1) is 5.60 Å². The molecule has 0 spiro atoms. The monoisotopic (exact) mass is 210 g/mol. The fourth-order valence-electron chi connectivity index (χ4n) is 3.77. The Bertz CT molecular complexity index is 229. The van der Waals surface area contributed by atoms with Crippen LogP contribution >= 0.6 is 0 Å². The summed E-state index contributed by atoms with van der Waals surface area (Å²) in [5.41, 5.74) is -0.000274. The zero-order valence-corrected chi connectivity index (χ0v) is 10.6. The fourth-order valence-corrected chi connectivity index (χ4v) is 3.77. The summed E-state index contributed by atoms with van der Waals surface area (Å²) in [6, 6.07) is 0. The number of aliphatic hydroxyl groups is 1. The third-order valence-corrected chi connectivity index (χ3v) is 4.15. The molecule has 0 bridgehead atoms. The molecule has 0 heterocycles. The van der Waals surface area contributed by atoms with E-state index in [0.717, 1.165) is 25.2 Å². The minimum atomic E-state index is -0.343. The van der Waals surface area contributed by atoms with Gasteiger partial charge in [-0.3, -0.25) is 0 Å². The molecule has 2 aliphatic rings. The lowest BCUT2D eigenvalue weighted by Crippen LogP contribution is -2.42. The van der Waals surface area contributed by atoms with Crippen LogP contribution in [0.3, 0.4) is 0 Å². The maximum Gasteiger partial charge on any atom is 0.0655 e. The van der Waals surface area contributed by atoms with E-state index in [-0.39, 0.29) is 5.60 Å². The highest BCUT2D eigenvalue weighted by Crippen LogP contribution is 2.47. The second-order valence-corrected chi connectivity index (χ2v) is 7.06. The van der Waals surface area contributed by atoms with Crippen molar-refractivity contribution < 1.29 is 5.11 Å². The standard InChI is InChI=1S/C14H26O/c1-11-8-13(2,3)10-14(15,9-11)7-6-12-4-5-12/h11-12,15H,4-10H2,1-3H3. The normalized spacial score (nSPS) is 40.4. The van der Waals surface area contributed by atoms with Crippen LogP contribution in [0.4, 0.5) is 0 Å². The molecule has 0 amide bonds. The summed E-state index contributed by atoms with van der Waals surface area (Å²) in [7, 11) is 0. The van der Waals surface area contributed by atoms with Crippen LogP contribution in [0.15, 0.2) is 0 Å². The molecule has 2 atom stereocenters. The molecular formula is C14H26O. The van der Waals surface area contributed by atoms with E-state index in [1.165, 1.54) is 25.7 Å². The molecule has 88 valence electrons. The molecule has 1 N–H and O–H groups in total. The van der Waals surface area contributed by atoms with E-state index in [0.29, 0.717) is 11.3 Å². The third kappa shape index (κ3) is 3.21. The van der Waals surface area contributed by atoms with Crippen molar-refractivity contribution in [2.45, 2.75) is 71.3 Å². The van der Waals surface area contributed by atoms with E-state index in [1.54, 1.807) is 0 Å². The van der Waals surface area contributed by atoms with Gasteiger partial charge in [-0.2, -0.15) is 0 Å². The maximum absolute atomic E-state index is 10.7. The van der Waals surface area contributed by atoms with E-state index < -0.39 is 0 Å². The molecule has 0 aromatic rings. The lowest BCUT2D eigenvalue weighted by atomic mass is 9.64. The zero-order chi connectivity index (χ0) is 11.1. The van der Waals surface area contributed by atoms with Crippen LogP contribution in [-0.4, -0.2) is 10.7 Å². The Kier molecular flexibility index (Phi) is 2.87. The first kappa shape index (κ1) is 11.4. The molecule has 0 radical (unpaired) electrons. The molecule has 15 heavy (non-hydrogen) atoms. The predicted molar refractivity (Wildman–Crippen MR) is 63.7 cm³/mol. The second kappa shape index (κ2) is 3.76. The largest absolute Gasteiger partial charge is 0.390 e. The minimum Gasteiger partial charge on any atom is -0.390 e. The Labute approximate surface area is 94.3 Å². The summed E-state index contributed by atoms with van der Waals surface area (Å²) in [4.78, 5) is 0. The number of rotatable bonds is 3. The minimum absolute atomic E-state index is 0.343. The van der Waals surface area contributed by atoms with Crippen LogP contribution in [0.25, 0.3) is 0 Å². The smallest absolute Gasteiger partial charge is 0.0655 e. The summed E-state index contributed by atoms with van der Waals surface area (Å²) in [5.74, 6) is 1.65. The van der Waals surface area contributed by atoms with Gasteiger partial charge in [-0.05, 0) is 49.4 Å². The number of hydrogen-bond acceptors (Lipinski definition) is 1. The summed E-state index contributed by atoms with van der Waals surface area (Å²) in [6.45, 7) is 6.92. The third-order valence-electron chi connectivity index (χ3n) is 4.15. The molecule has 0 saturated heterocycles. The molecule has 0 aromatic heterocycles. The van der Waals surface area contributed by atoms with Gasteiger partial charge in [0.15, 0.2) is 0 Å². The average molecular weight is 210 g/mol. The van der Waals surface area contributed by atoms with Gasteiger partial charge in [0.2, 0.25) is 0 Å². The van der Waals surface area contributed by atoms with Crippen LogP contribution in [0.2, 0.25) is 0 Å². The van der Waals surface area contributed by atoms with Crippen molar-refractivity contribution in [3.8, 4) is 0 Å². The highest BCUT2D eigenvalue weighted by Gasteiger charge is 2.41. The van der Waals surface area contributed by atoms with Gasteiger partial charge >= 0.3 is 0 Å². The van der Waals surface area contributed by atoms with Crippen LogP contribution in [-0.2, 0) is 0 Å². The van der Waals surface area contributed by atoms with Crippen LogP contribution in [0.1, 0.15) is 65.7 Å². The quantitative estimate of drug-likeness (QED) is 0.752. The highest BCUT2D eigenvalue weighted by molar-refractivity contribution is 4.94. The van der Waals surface area contributed by atoms with E-state index >= 15 is 0 Å². The van der Waals surface area contributed by atoms with Gasteiger partial charge < -0.3 is 5.11 Å². The Hall–Kier alpha value is -0.0400. The first-order valence-corrected chi connectivity index (χ1v) is 6.61. The van der Waals surface area contributed by atoms with Gasteiger partial charge in [0, 0.05) is 0 Å². The average Bonchev–Trinajstić information content (AvgIpc) is 2.78. The van der Waals surface area contributed by atoms with Crippen LogP contribution in [0.5, 0.6) is 0 Å². The van der Waals surface area contributed by atoms with E-state index in [2.05, 4.69) is 20.8 Å². The molecular weight excluding hydrogens is 184 g/mol.